The first kappa shape index (κ1) is 13.3. The summed E-state index contributed by atoms with van der Waals surface area (Å²) in [7, 11) is 0. The molecule has 7 heteroatoms. The van der Waals surface area contributed by atoms with Gasteiger partial charge in [0.2, 0.25) is 0 Å². The van der Waals surface area contributed by atoms with Gasteiger partial charge in [-0.3, -0.25) is 4.98 Å². The first-order chi connectivity index (χ1) is 8.82. The van der Waals surface area contributed by atoms with Crippen LogP contribution in [-0.4, -0.2) is 15.2 Å². The molecule has 0 radical (unpaired) electrons. The van der Waals surface area contributed by atoms with Crippen LogP contribution in [0, 0.1) is 13.8 Å². The maximum Gasteiger partial charge on any atom is 0.417 e. The number of anilines is 1. The Morgan fingerprint density at radius 2 is 1.79 bits per heavy atom. The van der Waals surface area contributed by atoms with Crippen molar-refractivity contribution in [2.75, 3.05) is 5.73 Å². The van der Waals surface area contributed by atoms with Gasteiger partial charge in [0.15, 0.2) is 0 Å². The van der Waals surface area contributed by atoms with E-state index in [1.807, 2.05) is 0 Å². The number of nitrogens with zero attached hydrogens (tertiary/aromatic N) is 3. The quantitative estimate of drug-likeness (QED) is 0.863. The van der Waals surface area contributed by atoms with E-state index in [1.54, 1.807) is 13.8 Å². The average Bonchev–Trinajstić information content (AvgIpc) is 2.35. The fraction of sp³-hybridized carbons (Fsp3) is 0.250. The second kappa shape index (κ2) is 4.49. The van der Waals surface area contributed by atoms with Crippen molar-refractivity contribution >= 4 is 5.82 Å². The summed E-state index contributed by atoms with van der Waals surface area (Å²) in [6.07, 6.45) is -2.24. The minimum atomic E-state index is -4.47. The number of aromatic nitrogens is 3. The van der Waals surface area contributed by atoms with Gasteiger partial charge < -0.3 is 5.73 Å². The minimum Gasteiger partial charge on any atom is -0.382 e. The summed E-state index contributed by atoms with van der Waals surface area (Å²) in [4.78, 5) is 3.73. The van der Waals surface area contributed by atoms with Crippen LogP contribution in [0.3, 0.4) is 0 Å². The van der Waals surface area contributed by atoms with Crippen molar-refractivity contribution < 1.29 is 13.2 Å². The minimum absolute atomic E-state index is 0.0944. The lowest BCUT2D eigenvalue weighted by Gasteiger charge is -2.14. The number of halogens is 3. The molecule has 2 rings (SSSR count). The molecule has 2 aromatic rings. The van der Waals surface area contributed by atoms with Crippen LogP contribution < -0.4 is 5.73 Å². The summed E-state index contributed by atoms with van der Waals surface area (Å²) in [5, 5.41) is 7.44. The van der Waals surface area contributed by atoms with Gasteiger partial charge in [0, 0.05) is 18.0 Å². The zero-order valence-corrected chi connectivity index (χ0v) is 10.3. The molecule has 0 aliphatic rings. The van der Waals surface area contributed by atoms with E-state index in [1.165, 1.54) is 0 Å². The molecular formula is C12H11F3N4. The fourth-order valence-corrected chi connectivity index (χ4v) is 1.71. The Morgan fingerprint density at radius 1 is 1.11 bits per heavy atom. The number of rotatable bonds is 1. The van der Waals surface area contributed by atoms with Crippen LogP contribution in [0.1, 0.15) is 16.7 Å². The van der Waals surface area contributed by atoms with E-state index in [2.05, 4.69) is 15.2 Å². The molecule has 0 saturated heterocycles. The Labute approximate surface area is 107 Å². The van der Waals surface area contributed by atoms with Gasteiger partial charge in [-0.1, -0.05) is 0 Å². The van der Waals surface area contributed by atoms with Crippen molar-refractivity contribution in [2.24, 2.45) is 0 Å². The lowest BCUT2D eigenvalue weighted by Crippen LogP contribution is -2.10. The van der Waals surface area contributed by atoms with Crippen molar-refractivity contribution in [3.63, 3.8) is 0 Å². The molecule has 100 valence electrons. The Morgan fingerprint density at radius 3 is 2.42 bits per heavy atom. The highest BCUT2D eigenvalue weighted by Gasteiger charge is 2.34. The molecule has 0 atom stereocenters. The first-order valence-corrected chi connectivity index (χ1v) is 5.43. The van der Waals surface area contributed by atoms with Gasteiger partial charge in [-0.2, -0.15) is 13.2 Å². The molecule has 2 heterocycles. The van der Waals surface area contributed by atoms with Crippen LogP contribution in [0.25, 0.3) is 11.3 Å². The smallest absolute Gasteiger partial charge is 0.382 e. The van der Waals surface area contributed by atoms with Crippen molar-refractivity contribution in [3.8, 4) is 11.3 Å². The summed E-state index contributed by atoms with van der Waals surface area (Å²) in [6, 6.07) is 0.919. The zero-order valence-electron chi connectivity index (χ0n) is 10.3. The van der Waals surface area contributed by atoms with Crippen LogP contribution in [0.5, 0.6) is 0 Å². The second-order valence-corrected chi connectivity index (χ2v) is 4.10. The van der Waals surface area contributed by atoms with Crippen molar-refractivity contribution in [3.05, 3.63) is 35.2 Å². The molecule has 0 spiro atoms. The topological polar surface area (TPSA) is 64.7 Å². The molecule has 0 amide bonds. The van der Waals surface area contributed by atoms with Crippen LogP contribution in [0.2, 0.25) is 0 Å². The lowest BCUT2D eigenvalue weighted by atomic mass is 10.0. The van der Waals surface area contributed by atoms with E-state index >= 15 is 0 Å². The predicted octanol–water partition coefficient (Wildman–Crippen LogP) is 2.76. The summed E-state index contributed by atoms with van der Waals surface area (Å²) in [5.41, 5.74) is 6.02. The van der Waals surface area contributed by atoms with E-state index in [-0.39, 0.29) is 17.1 Å². The maximum absolute atomic E-state index is 12.9. The molecule has 0 aliphatic carbocycles. The Bertz CT molecular complexity index is 623. The molecular weight excluding hydrogens is 257 g/mol. The van der Waals surface area contributed by atoms with Gasteiger partial charge in [0.1, 0.15) is 5.82 Å². The van der Waals surface area contributed by atoms with E-state index in [0.717, 1.165) is 18.5 Å². The van der Waals surface area contributed by atoms with Crippen molar-refractivity contribution in [1.82, 2.24) is 15.2 Å². The molecule has 2 N–H and O–H groups in total. The summed E-state index contributed by atoms with van der Waals surface area (Å²) < 4.78 is 38.8. The normalized spacial score (nSPS) is 11.6. The Kier molecular flexibility index (Phi) is 3.13. The SMILES string of the molecule is Cc1c(N)nnc(-c2cnccc2C(F)(F)F)c1C. The number of hydrogen-bond acceptors (Lipinski definition) is 4. The largest absolute Gasteiger partial charge is 0.417 e. The average molecular weight is 268 g/mol. The number of pyridine rings is 1. The fourth-order valence-electron chi connectivity index (χ4n) is 1.71. The molecule has 0 aromatic carbocycles. The molecule has 0 bridgehead atoms. The van der Waals surface area contributed by atoms with Crippen LogP contribution in [0.15, 0.2) is 18.5 Å². The highest BCUT2D eigenvalue weighted by atomic mass is 19.4. The second-order valence-electron chi connectivity index (χ2n) is 4.10. The first-order valence-electron chi connectivity index (χ1n) is 5.43. The number of hydrogen-bond donors (Lipinski definition) is 1. The molecule has 0 aliphatic heterocycles. The van der Waals surface area contributed by atoms with Gasteiger partial charge in [-0.05, 0) is 31.0 Å². The summed E-state index contributed by atoms with van der Waals surface area (Å²) in [6.45, 7) is 3.34. The highest BCUT2D eigenvalue weighted by molar-refractivity contribution is 5.68. The number of nitrogens with two attached hydrogens (primary N) is 1. The van der Waals surface area contributed by atoms with E-state index < -0.39 is 11.7 Å². The van der Waals surface area contributed by atoms with E-state index in [0.29, 0.717) is 11.1 Å². The van der Waals surface area contributed by atoms with E-state index in [9.17, 15) is 13.2 Å². The molecule has 19 heavy (non-hydrogen) atoms. The van der Waals surface area contributed by atoms with Gasteiger partial charge in [0.25, 0.3) is 0 Å². The van der Waals surface area contributed by atoms with Gasteiger partial charge in [-0.15, -0.1) is 10.2 Å². The molecule has 0 saturated carbocycles. The summed E-state index contributed by atoms with van der Waals surface area (Å²) in [5.74, 6) is 0.207. The Balaban J connectivity index is 2.70. The molecule has 2 aromatic heterocycles. The maximum atomic E-state index is 12.9. The third-order valence-electron chi connectivity index (χ3n) is 2.94. The Hall–Kier alpha value is -2.18. The van der Waals surface area contributed by atoms with Crippen LogP contribution >= 0.6 is 0 Å². The predicted molar refractivity (Wildman–Crippen MR) is 64.2 cm³/mol. The van der Waals surface area contributed by atoms with Crippen LogP contribution in [-0.2, 0) is 6.18 Å². The molecule has 4 nitrogen and oxygen atoms in total. The zero-order chi connectivity index (χ0) is 14.2. The van der Waals surface area contributed by atoms with Crippen LogP contribution in [0.4, 0.5) is 19.0 Å². The number of nitrogen functional groups attached to an aromatic ring is 1. The third kappa shape index (κ3) is 2.35. The molecule has 0 fully saturated rings. The monoisotopic (exact) mass is 268 g/mol. The lowest BCUT2D eigenvalue weighted by molar-refractivity contribution is -0.137. The standard InChI is InChI=1S/C12H11F3N4/c1-6-7(2)11(16)19-18-10(6)8-5-17-4-3-9(8)12(13,14)15/h3-5H,1-2H3,(H2,16,19). The van der Waals surface area contributed by atoms with Gasteiger partial charge in [0.05, 0.1) is 11.3 Å². The molecule has 0 unspecified atom stereocenters. The van der Waals surface area contributed by atoms with E-state index in [4.69, 9.17) is 5.73 Å². The van der Waals surface area contributed by atoms with Crippen molar-refractivity contribution in [2.45, 2.75) is 20.0 Å². The highest BCUT2D eigenvalue weighted by Crippen LogP contribution is 2.37. The van der Waals surface area contributed by atoms with Gasteiger partial charge >= 0.3 is 6.18 Å². The number of alkyl halides is 3. The summed E-state index contributed by atoms with van der Waals surface area (Å²) >= 11 is 0. The van der Waals surface area contributed by atoms with Crippen molar-refractivity contribution in [1.29, 1.82) is 0 Å². The van der Waals surface area contributed by atoms with Gasteiger partial charge in [-0.25, -0.2) is 0 Å². The third-order valence-corrected chi connectivity index (χ3v) is 2.94.